The van der Waals surface area contributed by atoms with Crippen LogP contribution in [0.2, 0.25) is 0 Å². The predicted octanol–water partition coefficient (Wildman–Crippen LogP) is 0.903. The van der Waals surface area contributed by atoms with Crippen LogP contribution in [0.5, 0.6) is 0 Å². The molecule has 1 aliphatic heterocycles. The van der Waals surface area contributed by atoms with Crippen molar-refractivity contribution in [2.45, 2.75) is 33.2 Å². The van der Waals surface area contributed by atoms with Gasteiger partial charge in [0, 0.05) is 25.3 Å². The van der Waals surface area contributed by atoms with E-state index in [1.807, 2.05) is 36.7 Å². The smallest absolute Gasteiger partial charge is 0.224 e. The van der Waals surface area contributed by atoms with E-state index in [0.717, 1.165) is 36.6 Å². The standard InChI is InChI=1S/C19H25N9O/c1-14-10-15(2)27(25-14)9-7-21-19(29)16-4-3-8-26(11-16)17-5-6-18(24-23-17)28-13-20-12-22-28/h5-6,10,12-13,16H,3-4,7-9,11H2,1-2H3,(H,21,29)/t16-/m0/s1. The van der Waals surface area contributed by atoms with Crippen molar-refractivity contribution in [2.24, 2.45) is 5.92 Å². The molecule has 0 bridgehead atoms. The van der Waals surface area contributed by atoms with Gasteiger partial charge in [-0.15, -0.1) is 10.2 Å². The first-order chi connectivity index (χ1) is 14.1. The van der Waals surface area contributed by atoms with Crippen LogP contribution in [0.4, 0.5) is 5.82 Å². The van der Waals surface area contributed by atoms with Gasteiger partial charge >= 0.3 is 0 Å². The highest BCUT2D eigenvalue weighted by Gasteiger charge is 2.26. The molecule has 0 unspecified atom stereocenters. The number of rotatable bonds is 6. The van der Waals surface area contributed by atoms with Gasteiger partial charge in [0.1, 0.15) is 12.7 Å². The van der Waals surface area contributed by atoms with Crippen LogP contribution >= 0.6 is 0 Å². The van der Waals surface area contributed by atoms with Gasteiger partial charge in [0.05, 0.1) is 18.2 Å². The Hall–Kier alpha value is -3.30. The maximum Gasteiger partial charge on any atom is 0.224 e. The van der Waals surface area contributed by atoms with Gasteiger partial charge in [0.2, 0.25) is 5.91 Å². The first kappa shape index (κ1) is 19.0. The Bertz CT molecular complexity index is 949. The van der Waals surface area contributed by atoms with Gasteiger partial charge in [-0.1, -0.05) is 0 Å². The summed E-state index contributed by atoms with van der Waals surface area (Å²) in [5, 5.41) is 20.1. The highest BCUT2D eigenvalue weighted by atomic mass is 16.1. The van der Waals surface area contributed by atoms with Crippen molar-refractivity contribution in [3.8, 4) is 5.82 Å². The lowest BCUT2D eigenvalue weighted by molar-refractivity contribution is -0.125. The van der Waals surface area contributed by atoms with E-state index in [0.29, 0.717) is 25.5 Å². The molecule has 0 aliphatic carbocycles. The second-order valence-electron chi connectivity index (χ2n) is 7.32. The molecule has 10 nitrogen and oxygen atoms in total. The van der Waals surface area contributed by atoms with Gasteiger partial charge in [-0.2, -0.15) is 10.2 Å². The average Bonchev–Trinajstić information content (AvgIpc) is 3.38. The Morgan fingerprint density at radius 1 is 1.24 bits per heavy atom. The highest BCUT2D eigenvalue weighted by molar-refractivity contribution is 5.79. The molecule has 4 heterocycles. The lowest BCUT2D eigenvalue weighted by Crippen LogP contribution is -2.44. The Morgan fingerprint density at radius 2 is 2.07 bits per heavy atom. The van der Waals surface area contributed by atoms with Crippen LogP contribution in [0.3, 0.4) is 0 Å². The fourth-order valence-electron chi connectivity index (χ4n) is 3.67. The number of hydrogen-bond donors (Lipinski definition) is 1. The van der Waals surface area contributed by atoms with Crippen LogP contribution in [0.1, 0.15) is 24.2 Å². The summed E-state index contributed by atoms with van der Waals surface area (Å²) in [6.45, 7) is 6.76. The van der Waals surface area contributed by atoms with Crippen LogP contribution in [0, 0.1) is 19.8 Å². The average molecular weight is 395 g/mol. The van der Waals surface area contributed by atoms with Crippen LogP contribution in [-0.4, -0.2) is 60.3 Å². The van der Waals surface area contributed by atoms with Crippen molar-refractivity contribution in [3.05, 3.63) is 42.2 Å². The number of piperidine rings is 1. The number of nitrogens with zero attached hydrogens (tertiary/aromatic N) is 8. The molecule has 4 rings (SSSR count). The third-order valence-electron chi connectivity index (χ3n) is 5.13. The maximum atomic E-state index is 12.6. The number of anilines is 1. The molecule has 1 aliphatic rings. The molecule has 1 N–H and O–H groups in total. The minimum atomic E-state index is -0.0546. The van der Waals surface area contributed by atoms with Gasteiger partial charge in [0.15, 0.2) is 11.6 Å². The summed E-state index contributed by atoms with van der Waals surface area (Å²) in [6.07, 6.45) is 4.87. The minimum Gasteiger partial charge on any atom is -0.354 e. The maximum absolute atomic E-state index is 12.6. The van der Waals surface area contributed by atoms with Crippen LogP contribution < -0.4 is 10.2 Å². The molecule has 3 aromatic heterocycles. The molecular formula is C19H25N9O. The number of amides is 1. The zero-order valence-corrected chi connectivity index (χ0v) is 16.7. The van der Waals surface area contributed by atoms with Gasteiger partial charge in [0.25, 0.3) is 0 Å². The SMILES string of the molecule is Cc1cc(C)n(CCNC(=O)[C@H]2CCCN(c3ccc(-n4cncn4)nn3)C2)n1. The Kier molecular flexibility index (Phi) is 5.50. The number of hydrogen-bond acceptors (Lipinski definition) is 7. The second-order valence-corrected chi connectivity index (χ2v) is 7.32. The fraction of sp³-hybridized carbons (Fsp3) is 0.474. The van der Waals surface area contributed by atoms with Gasteiger partial charge in [-0.05, 0) is 44.9 Å². The van der Waals surface area contributed by atoms with E-state index in [1.54, 1.807) is 11.0 Å². The van der Waals surface area contributed by atoms with E-state index in [9.17, 15) is 4.79 Å². The quantitative estimate of drug-likeness (QED) is 0.661. The van der Waals surface area contributed by atoms with Gasteiger partial charge < -0.3 is 10.2 Å². The molecule has 1 fully saturated rings. The first-order valence-corrected chi connectivity index (χ1v) is 9.82. The first-order valence-electron chi connectivity index (χ1n) is 9.82. The van der Waals surface area contributed by atoms with Crippen LogP contribution in [0.25, 0.3) is 5.82 Å². The highest BCUT2D eigenvalue weighted by Crippen LogP contribution is 2.21. The molecule has 152 valence electrons. The fourth-order valence-corrected chi connectivity index (χ4v) is 3.67. The molecular weight excluding hydrogens is 370 g/mol. The van der Waals surface area contributed by atoms with Crippen molar-refractivity contribution in [3.63, 3.8) is 0 Å². The molecule has 1 saturated heterocycles. The zero-order chi connectivity index (χ0) is 20.2. The molecule has 1 atom stereocenters. The third-order valence-corrected chi connectivity index (χ3v) is 5.13. The summed E-state index contributed by atoms with van der Waals surface area (Å²) in [5.41, 5.74) is 2.10. The van der Waals surface area contributed by atoms with E-state index in [2.05, 4.69) is 35.6 Å². The lowest BCUT2D eigenvalue weighted by Gasteiger charge is -2.32. The second kappa shape index (κ2) is 8.38. The van der Waals surface area contributed by atoms with E-state index in [4.69, 9.17) is 0 Å². The van der Waals surface area contributed by atoms with Crippen LogP contribution in [-0.2, 0) is 11.3 Å². The Balaban J connectivity index is 1.31. The van der Waals surface area contributed by atoms with Gasteiger partial charge in [-0.25, -0.2) is 9.67 Å². The van der Waals surface area contributed by atoms with E-state index >= 15 is 0 Å². The topological polar surface area (TPSA) is 107 Å². The predicted molar refractivity (Wildman–Crippen MR) is 107 cm³/mol. The molecule has 29 heavy (non-hydrogen) atoms. The molecule has 3 aromatic rings. The number of aromatic nitrogens is 7. The minimum absolute atomic E-state index is 0.0546. The van der Waals surface area contributed by atoms with Crippen molar-refractivity contribution >= 4 is 11.7 Å². The summed E-state index contributed by atoms with van der Waals surface area (Å²) < 4.78 is 3.49. The molecule has 0 aromatic carbocycles. The molecule has 0 spiro atoms. The van der Waals surface area contributed by atoms with E-state index in [1.165, 1.54) is 6.33 Å². The van der Waals surface area contributed by atoms with Gasteiger partial charge in [-0.3, -0.25) is 9.48 Å². The van der Waals surface area contributed by atoms with Crippen molar-refractivity contribution in [1.29, 1.82) is 0 Å². The monoisotopic (exact) mass is 395 g/mol. The Labute approximate surface area is 169 Å². The van der Waals surface area contributed by atoms with Crippen molar-refractivity contribution in [1.82, 2.24) is 40.1 Å². The molecule has 1 amide bonds. The van der Waals surface area contributed by atoms with Crippen LogP contribution in [0.15, 0.2) is 30.9 Å². The third kappa shape index (κ3) is 4.41. The number of aryl methyl sites for hydroxylation is 2. The summed E-state index contributed by atoms with van der Waals surface area (Å²) >= 11 is 0. The van der Waals surface area contributed by atoms with Crippen molar-refractivity contribution in [2.75, 3.05) is 24.5 Å². The molecule has 10 heteroatoms. The van der Waals surface area contributed by atoms with Crippen molar-refractivity contribution < 1.29 is 4.79 Å². The zero-order valence-electron chi connectivity index (χ0n) is 16.7. The molecule has 0 saturated carbocycles. The Morgan fingerprint density at radius 3 is 2.76 bits per heavy atom. The largest absolute Gasteiger partial charge is 0.354 e. The van der Waals surface area contributed by atoms with E-state index in [-0.39, 0.29) is 11.8 Å². The number of nitrogens with one attached hydrogen (secondary N) is 1. The summed E-state index contributed by atoms with van der Waals surface area (Å²) in [5.74, 6) is 1.42. The lowest BCUT2D eigenvalue weighted by atomic mass is 9.97. The number of carbonyl (C=O) groups is 1. The van der Waals surface area contributed by atoms with E-state index < -0.39 is 0 Å². The summed E-state index contributed by atoms with van der Waals surface area (Å²) in [7, 11) is 0. The number of carbonyl (C=O) groups excluding carboxylic acids is 1. The summed E-state index contributed by atoms with van der Waals surface area (Å²) in [6, 6.07) is 5.80. The summed E-state index contributed by atoms with van der Waals surface area (Å²) in [4.78, 5) is 18.7. The molecule has 0 radical (unpaired) electrons. The normalized spacial score (nSPS) is 16.8.